The highest BCUT2D eigenvalue weighted by molar-refractivity contribution is 6.17. The molecule has 0 heterocycles. The van der Waals surface area contributed by atoms with E-state index in [2.05, 4.69) is 39.8 Å². The lowest BCUT2D eigenvalue weighted by Crippen LogP contribution is -2.13. The van der Waals surface area contributed by atoms with E-state index in [4.69, 9.17) is 16.3 Å². The number of rotatable bonds is 3. The minimum Gasteiger partial charge on any atom is -0.457 e. The lowest BCUT2D eigenvalue weighted by molar-refractivity contribution is 0.452. The zero-order valence-electron chi connectivity index (χ0n) is 12.5. The summed E-state index contributed by atoms with van der Waals surface area (Å²) in [5.74, 6) is 2.19. The molecule has 0 N–H and O–H groups in total. The fourth-order valence-electron chi connectivity index (χ4n) is 2.15. The molecule has 2 aromatic carbocycles. The predicted molar refractivity (Wildman–Crippen MR) is 86.0 cm³/mol. The molecular formula is C18H21ClO. The van der Waals surface area contributed by atoms with E-state index >= 15 is 0 Å². The molecule has 2 rings (SSSR count). The van der Waals surface area contributed by atoms with E-state index in [1.807, 2.05) is 30.3 Å². The van der Waals surface area contributed by atoms with Crippen molar-refractivity contribution in [2.75, 3.05) is 0 Å². The molecule has 0 amide bonds. The number of benzene rings is 2. The first-order chi connectivity index (χ1) is 9.41. The molecule has 0 aromatic heterocycles. The highest BCUT2D eigenvalue weighted by atomic mass is 35.5. The van der Waals surface area contributed by atoms with Gasteiger partial charge in [0.15, 0.2) is 0 Å². The molecule has 2 aromatic rings. The molecule has 106 valence electrons. The number of alkyl halides is 1. The average molecular weight is 289 g/mol. The summed E-state index contributed by atoms with van der Waals surface area (Å²) in [6, 6.07) is 14.2. The molecule has 0 fully saturated rings. The minimum atomic E-state index is 0.0390. The predicted octanol–water partition coefficient (Wildman–Crippen LogP) is 5.82. The summed E-state index contributed by atoms with van der Waals surface area (Å²) in [4.78, 5) is 0. The average Bonchev–Trinajstić information content (AvgIpc) is 2.40. The van der Waals surface area contributed by atoms with Crippen molar-refractivity contribution < 1.29 is 4.74 Å². The molecule has 0 atom stereocenters. The highest BCUT2D eigenvalue weighted by Gasteiger charge is 2.20. The van der Waals surface area contributed by atoms with Crippen LogP contribution in [0.4, 0.5) is 0 Å². The Morgan fingerprint density at radius 2 is 1.70 bits per heavy atom. The molecule has 0 aliphatic carbocycles. The van der Waals surface area contributed by atoms with Crippen LogP contribution >= 0.6 is 11.6 Å². The van der Waals surface area contributed by atoms with Crippen molar-refractivity contribution >= 4 is 11.6 Å². The van der Waals surface area contributed by atoms with Crippen molar-refractivity contribution in [3.8, 4) is 11.5 Å². The van der Waals surface area contributed by atoms with Crippen molar-refractivity contribution in [2.45, 2.75) is 39.0 Å². The van der Waals surface area contributed by atoms with Crippen LogP contribution < -0.4 is 4.74 Å². The van der Waals surface area contributed by atoms with Crippen LogP contribution in [0.1, 0.15) is 37.5 Å². The molecule has 0 radical (unpaired) electrons. The Labute approximate surface area is 126 Å². The standard InChI is InChI=1S/C18H21ClO/c1-13-9-10-17(15(11-13)18(2,3)4)20-16-8-6-5-7-14(16)12-19/h5-11H,12H2,1-4H3. The molecule has 0 spiro atoms. The van der Waals surface area contributed by atoms with Crippen molar-refractivity contribution in [3.63, 3.8) is 0 Å². The van der Waals surface area contributed by atoms with Crippen LogP contribution in [0.25, 0.3) is 0 Å². The summed E-state index contributed by atoms with van der Waals surface area (Å²) in [7, 11) is 0. The monoisotopic (exact) mass is 288 g/mol. The second kappa shape index (κ2) is 5.88. The highest BCUT2D eigenvalue weighted by Crippen LogP contribution is 2.36. The van der Waals surface area contributed by atoms with Crippen LogP contribution in [0, 0.1) is 6.92 Å². The van der Waals surface area contributed by atoms with E-state index in [-0.39, 0.29) is 5.41 Å². The summed E-state index contributed by atoms with van der Waals surface area (Å²) < 4.78 is 6.13. The first-order valence-electron chi connectivity index (χ1n) is 6.84. The zero-order chi connectivity index (χ0) is 14.8. The number of para-hydroxylation sites is 1. The van der Waals surface area contributed by atoms with Crippen LogP contribution in [0.5, 0.6) is 11.5 Å². The van der Waals surface area contributed by atoms with Gasteiger partial charge in [-0.2, -0.15) is 0 Å². The van der Waals surface area contributed by atoms with Gasteiger partial charge in [0.1, 0.15) is 11.5 Å². The van der Waals surface area contributed by atoms with Crippen LogP contribution in [0.15, 0.2) is 42.5 Å². The molecule has 0 aliphatic heterocycles. The Morgan fingerprint density at radius 3 is 2.35 bits per heavy atom. The quantitative estimate of drug-likeness (QED) is 0.646. The van der Waals surface area contributed by atoms with Gasteiger partial charge in [0.2, 0.25) is 0 Å². The topological polar surface area (TPSA) is 9.23 Å². The molecule has 0 saturated heterocycles. The van der Waals surface area contributed by atoms with Crippen LogP contribution in [0.2, 0.25) is 0 Å². The van der Waals surface area contributed by atoms with Gasteiger partial charge >= 0.3 is 0 Å². The third-order valence-electron chi connectivity index (χ3n) is 3.28. The Balaban J connectivity index is 2.44. The van der Waals surface area contributed by atoms with E-state index in [0.717, 1.165) is 17.1 Å². The maximum absolute atomic E-state index is 6.13. The van der Waals surface area contributed by atoms with Crippen molar-refractivity contribution in [1.29, 1.82) is 0 Å². The summed E-state index contributed by atoms with van der Waals surface area (Å²) in [5, 5.41) is 0. The molecule has 2 heteroatoms. The maximum atomic E-state index is 6.13. The number of hydrogen-bond acceptors (Lipinski definition) is 1. The van der Waals surface area contributed by atoms with Gasteiger partial charge in [-0.25, -0.2) is 0 Å². The number of aryl methyl sites for hydroxylation is 1. The molecular weight excluding hydrogens is 268 g/mol. The zero-order valence-corrected chi connectivity index (χ0v) is 13.3. The van der Waals surface area contributed by atoms with Gasteiger partial charge < -0.3 is 4.74 Å². The van der Waals surface area contributed by atoms with E-state index in [0.29, 0.717) is 5.88 Å². The third-order valence-corrected chi connectivity index (χ3v) is 3.57. The van der Waals surface area contributed by atoms with Crippen LogP contribution in [0.3, 0.4) is 0 Å². The van der Waals surface area contributed by atoms with Gasteiger partial charge in [-0.15, -0.1) is 11.6 Å². The van der Waals surface area contributed by atoms with E-state index < -0.39 is 0 Å². The van der Waals surface area contributed by atoms with Crippen molar-refractivity contribution in [2.24, 2.45) is 0 Å². The lowest BCUT2D eigenvalue weighted by atomic mass is 9.85. The molecule has 0 unspecified atom stereocenters. The third kappa shape index (κ3) is 3.34. The number of halogens is 1. The van der Waals surface area contributed by atoms with Gasteiger partial charge in [0.25, 0.3) is 0 Å². The molecule has 20 heavy (non-hydrogen) atoms. The smallest absolute Gasteiger partial charge is 0.131 e. The summed E-state index contributed by atoms with van der Waals surface area (Å²) in [5.41, 5.74) is 3.50. The first kappa shape index (κ1) is 14.9. The summed E-state index contributed by atoms with van der Waals surface area (Å²) in [6.07, 6.45) is 0. The van der Waals surface area contributed by atoms with E-state index in [1.165, 1.54) is 11.1 Å². The van der Waals surface area contributed by atoms with Gasteiger partial charge in [-0.05, 0) is 24.5 Å². The fourth-order valence-corrected chi connectivity index (χ4v) is 2.37. The van der Waals surface area contributed by atoms with Crippen LogP contribution in [-0.2, 0) is 11.3 Å². The van der Waals surface area contributed by atoms with Crippen LogP contribution in [-0.4, -0.2) is 0 Å². The Bertz CT molecular complexity index is 597. The second-order valence-electron chi connectivity index (χ2n) is 6.09. The molecule has 0 bridgehead atoms. The first-order valence-corrected chi connectivity index (χ1v) is 7.38. The minimum absolute atomic E-state index is 0.0390. The SMILES string of the molecule is Cc1ccc(Oc2ccccc2CCl)c(C(C)(C)C)c1. The van der Waals surface area contributed by atoms with E-state index in [9.17, 15) is 0 Å². The molecule has 0 saturated carbocycles. The molecule has 0 aliphatic rings. The Morgan fingerprint density at radius 1 is 1.00 bits per heavy atom. The normalized spacial score (nSPS) is 11.4. The van der Waals surface area contributed by atoms with Gasteiger partial charge in [-0.1, -0.05) is 56.7 Å². The Kier molecular flexibility index (Phi) is 4.39. The summed E-state index contributed by atoms with van der Waals surface area (Å²) >= 11 is 5.97. The van der Waals surface area contributed by atoms with Crippen molar-refractivity contribution in [1.82, 2.24) is 0 Å². The summed E-state index contributed by atoms with van der Waals surface area (Å²) in [6.45, 7) is 8.69. The lowest BCUT2D eigenvalue weighted by Gasteiger charge is -2.23. The van der Waals surface area contributed by atoms with E-state index in [1.54, 1.807) is 0 Å². The van der Waals surface area contributed by atoms with Crippen molar-refractivity contribution in [3.05, 3.63) is 59.2 Å². The fraction of sp³-hybridized carbons (Fsp3) is 0.333. The second-order valence-corrected chi connectivity index (χ2v) is 6.36. The number of hydrogen-bond donors (Lipinski definition) is 0. The maximum Gasteiger partial charge on any atom is 0.131 e. The largest absolute Gasteiger partial charge is 0.457 e. The van der Waals surface area contributed by atoms with Gasteiger partial charge in [0, 0.05) is 11.1 Å². The van der Waals surface area contributed by atoms with Gasteiger partial charge in [0.05, 0.1) is 5.88 Å². The number of ether oxygens (including phenoxy) is 1. The Hall–Kier alpha value is -1.47. The van der Waals surface area contributed by atoms with Gasteiger partial charge in [-0.3, -0.25) is 0 Å². The molecule has 1 nitrogen and oxygen atoms in total.